The first-order chi connectivity index (χ1) is 10.1. The van der Waals surface area contributed by atoms with E-state index in [2.05, 4.69) is 29.6 Å². The molecule has 0 aliphatic heterocycles. The number of hydrogen-bond acceptors (Lipinski definition) is 2. The van der Waals surface area contributed by atoms with Gasteiger partial charge in [0.2, 0.25) is 5.91 Å². The number of nitrogens with zero attached hydrogens (tertiary/aromatic N) is 1. The molecule has 0 aromatic heterocycles. The quantitative estimate of drug-likeness (QED) is 0.921. The lowest BCUT2D eigenvalue weighted by atomic mass is 9.94. The fraction of sp³-hybridized carbons (Fsp3) is 0.611. The van der Waals surface area contributed by atoms with Crippen molar-refractivity contribution in [2.45, 2.75) is 38.1 Å². The molecule has 1 aromatic carbocycles. The fourth-order valence-corrected chi connectivity index (χ4v) is 4.05. The Labute approximate surface area is 127 Å². The monoisotopic (exact) mass is 286 g/mol. The van der Waals surface area contributed by atoms with Crippen molar-refractivity contribution in [3.63, 3.8) is 0 Å². The van der Waals surface area contributed by atoms with Crippen molar-refractivity contribution in [3.05, 3.63) is 35.4 Å². The van der Waals surface area contributed by atoms with Gasteiger partial charge >= 0.3 is 0 Å². The number of hydrogen-bond donors (Lipinski definition) is 1. The summed E-state index contributed by atoms with van der Waals surface area (Å²) in [6, 6.07) is 9.50. The third-order valence-corrected chi connectivity index (χ3v) is 5.22. The summed E-state index contributed by atoms with van der Waals surface area (Å²) in [5.41, 5.74) is 3.08. The molecule has 1 amide bonds. The van der Waals surface area contributed by atoms with E-state index >= 15 is 0 Å². The first-order valence-electron chi connectivity index (χ1n) is 8.15. The van der Waals surface area contributed by atoms with Gasteiger partial charge in [0.1, 0.15) is 0 Å². The lowest BCUT2D eigenvalue weighted by Gasteiger charge is -2.24. The number of rotatable bonds is 4. The van der Waals surface area contributed by atoms with Crippen molar-refractivity contribution in [2.75, 3.05) is 20.6 Å². The summed E-state index contributed by atoms with van der Waals surface area (Å²) in [7, 11) is 3.66. The molecule has 0 heterocycles. The molecule has 2 unspecified atom stereocenters. The summed E-state index contributed by atoms with van der Waals surface area (Å²) >= 11 is 0. The van der Waals surface area contributed by atoms with Crippen LogP contribution in [0.2, 0.25) is 0 Å². The van der Waals surface area contributed by atoms with E-state index in [-0.39, 0.29) is 5.91 Å². The van der Waals surface area contributed by atoms with Gasteiger partial charge in [0.25, 0.3) is 0 Å². The van der Waals surface area contributed by atoms with E-state index in [4.69, 9.17) is 0 Å². The van der Waals surface area contributed by atoms with Gasteiger partial charge in [-0.2, -0.15) is 0 Å². The molecule has 2 aliphatic carbocycles. The minimum atomic E-state index is 0.215. The van der Waals surface area contributed by atoms with Gasteiger partial charge in [-0.05, 0) is 48.6 Å². The summed E-state index contributed by atoms with van der Waals surface area (Å²) in [5, 5.41) is 3.70. The Kier molecular flexibility index (Phi) is 4.29. The maximum absolute atomic E-state index is 11.7. The zero-order valence-corrected chi connectivity index (χ0v) is 13.1. The van der Waals surface area contributed by atoms with E-state index in [0.717, 1.165) is 18.4 Å². The predicted molar refractivity (Wildman–Crippen MR) is 85.2 cm³/mol. The van der Waals surface area contributed by atoms with Gasteiger partial charge in [0.05, 0.1) is 0 Å². The van der Waals surface area contributed by atoms with E-state index in [1.54, 1.807) is 16.0 Å². The average Bonchev–Trinajstić information content (AvgIpc) is 2.74. The topological polar surface area (TPSA) is 32.3 Å². The van der Waals surface area contributed by atoms with Crippen molar-refractivity contribution in [1.29, 1.82) is 0 Å². The standard InChI is InChI=1S/C18H26N2O/c1-20(2)17(21)9-10-19-18-15-7-8-16(18)12-14-6-4-3-5-13(14)11-15/h3-6,15-16,18-19H,7-12H2,1-2H3. The van der Waals surface area contributed by atoms with E-state index < -0.39 is 0 Å². The summed E-state index contributed by atoms with van der Waals surface area (Å²) < 4.78 is 0. The molecule has 1 N–H and O–H groups in total. The number of benzene rings is 1. The van der Waals surface area contributed by atoms with Crippen molar-refractivity contribution in [2.24, 2.45) is 11.8 Å². The molecule has 0 radical (unpaired) electrons. The molecule has 1 fully saturated rings. The van der Waals surface area contributed by atoms with Gasteiger partial charge in [-0.3, -0.25) is 4.79 Å². The number of nitrogens with one attached hydrogen (secondary N) is 1. The van der Waals surface area contributed by atoms with Crippen LogP contribution in [0.4, 0.5) is 0 Å². The van der Waals surface area contributed by atoms with Gasteiger partial charge in [-0.15, -0.1) is 0 Å². The number of fused-ring (bicyclic) bond motifs is 3. The molecule has 1 aromatic rings. The smallest absolute Gasteiger partial charge is 0.223 e. The second-order valence-electron chi connectivity index (χ2n) is 6.79. The summed E-state index contributed by atoms with van der Waals surface area (Å²) in [4.78, 5) is 13.4. The zero-order valence-electron chi connectivity index (χ0n) is 13.1. The third-order valence-electron chi connectivity index (χ3n) is 5.22. The molecule has 2 aliphatic rings. The highest BCUT2D eigenvalue weighted by Gasteiger charge is 2.38. The summed E-state index contributed by atoms with van der Waals surface area (Å²) in [6.45, 7) is 0.811. The van der Waals surface area contributed by atoms with Crippen LogP contribution >= 0.6 is 0 Å². The molecule has 114 valence electrons. The van der Waals surface area contributed by atoms with Crippen LogP contribution in [-0.2, 0) is 17.6 Å². The van der Waals surface area contributed by atoms with Gasteiger partial charge in [0, 0.05) is 33.1 Å². The van der Waals surface area contributed by atoms with Gasteiger partial charge in [-0.25, -0.2) is 0 Å². The molecule has 3 nitrogen and oxygen atoms in total. The predicted octanol–water partition coefficient (Wildman–Crippen LogP) is 2.25. The molecule has 21 heavy (non-hydrogen) atoms. The highest BCUT2D eigenvalue weighted by atomic mass is 16.2. The van der Waals surface area contributed by atoms with E-state index in [9.17, 15) is 4.79 Å². The van der Waals surface area contributed by atoms with Crippen LogP contribution in [0.5, 0.6) is 0 Å². The van der Waals surface area contributed by atoms with Crippen LogP contribution in [0.25, 0.3) is 0 Å². The van der Waals surface area contributed by atoms with Crippen LogP contribution in [0.15, 0.2) is 24.3 Å². The SMILES string of the molecule is CN(C)C(=O)CCNC1C2CCC1Cc1ccccc1C2. The largest absolute Gasteiger partial charge is 0.349 e. The lowest BCUT2D eigenvalue weighted by Crippen LogP contribution is -2.40. The van der Waals surface area contributed by atoms with Crippen molar-refractivity contribution in [3.8, 4) is 0 Å². The van der Waals surface area contributed by atoms with Gasteiger partial charge in [0.15, 0.2) is 0 Å². The molecule has 2 bridgehead atoms. The molecular weight excluding hydrogens is 260 g/mol. The Morgan fingerprint density at radius 3 is 2.24 bits per heavy atom. The third kappa shape index (κ3) is 3.13. The minimum absolute atomic E-state index is 0.215. The molecular formula is C18H26N2O. The molecule has 0 spiro atoms. The molecule has 3 heteroatoms. The van der Waals surface area contributed by atoms with Crippen molar-refractivity contribution in [1.82, 2.24) is 10.2 Å². The van der Waals surface area contributed by atoms with Crippen molar-refractivity contribution < 1.29 is 4.79 Å². The highest BCUT2D eigenvalue weighted by molar-refractivity contribution is 5.75. The average molecular weight is 286 g/mol. The van der Waals surface area contributed by atoms with E-state index in [0.29, 0.717) is 12.5 Å². The number of carbonyl (C=O) groups excluding carboxylic acids is 1. The Balaban J connectivity index is 1.62. The number of amides is 1. The first-order valence-corrected chi connectivity index (χ1v) is 8.15. The minimum Gasteiger partial charge on any atom is -0.349 e. The van der Waals surface area contributed by atoms with Crippen LogP contribution in [0.1, 0.15) is 30.4 Å². The summed E-state index contributed by atoms with van der Waals surface area (Å²) in [6.07, 6.45) is 5.67. The Hall–Kier alpha value is -1.35. The van der Waals surface area contributed by atoms with Crippen LogP contribution in [0, 0.1) is 11.8 Å². The Morgan fingerprint density at radius 2 is 1.71 bits per heavy atom. The first kappa shape index (κ1) is 14.6. The second-order valence-corrected chi connectivity index (χ2v) is 6.79. The maximum Gasteiger partial charge on any atom is 0.223 e. The zero-order chi connectivity index (χ0) is 14.8. The molecule has 1 saturated carbocycles. The Morgan fingerprint density at radius 1 is 1.14 bits per heavy atom. The van der Waals surface area contributed by atoms with Gasteiger partial charge in [-0.1, -0.05) is 24.3 Å². The molecule has 0 saturated heterocycles. The molecule has 3 rings (SSSR count). The highest BCUT2D eigenvalue weighted by Crippen LogP contribution is 2.39. The van der Waals surface area contributed by atoms with Gasteiger partial charge < -0.3 is 10.2 Å². The lowest BCUT2D eigenvalue weighted by molar-refractivity contribution is -0.128. The molecule has 2 atom stereocenters. The van der Waals surface area contributed by atoms with Crippen LogP contribution in [0.3, 0.4) is 0 Å². The second kappa shape index (κ2) is 6.18. The van der Waals surface area contributed by atoms with Crippen molar-refractivity contribution >= 4 is 5.91 Å². The maximum atomic E-state index is 11.7. The summed E-state index contributed by atoms with van der Waals surface area (Å²) in [5.74, 6) is 1.70. The van der Waals surface area contributed by atoms with E-state index in [1.165, 1.54) is 25.7 Å². The van der Waals surface area contributed by atoms with E-state index in [1.807, 2.05) is 14.1 Å². The fourth-order valence-electron chi connectivity index (χ4n) is 4.05. The van der Waals surface area contributed by atoms with Crippen LogP contribution in [-0.4, -0.2) is 37.5 Å². The normalized spacial score (nSPS) is 27.0. The van der Waals surface area contributed by atoms with Crippen LogP contribution < -0.4 is 5.32 Å². The number of carbonyl (C=O) groups is 1. The Bertz CT molecular complexity index is 479.